The number of rotatable bonds is 0. The molecule has 4 heteroatoms. The Hall–Kier alpha value is -1.06. The van der Waals surface area contributed by atoms with Crippen LogP contribution >= 0.6 is 0 Å². The molecule has 1 saturated heterocycles. The van der Waals surface area contributed by atoms with Gasteiger partial charge in [0.15, 0.2) is 0 Å². The summed E-state index contributed by atoms with van der Waals surface area (Å²) in [7, 11) is 0. The van der Waals surface area contributed by atoms with Crippen molar-refractivity contribution in [2.45, 2.75) is 58.9 Å². The van der Waals surface area contributed by atoms with Gasteiger partial charge in [0, 0.05) is 12.1 Å². The van der Waals surface area contributed by atoms with E-state index in [0.29, 0.717) is 12.5 Å². The zero-order chi connectivity index (χ0) is 13.6. The molecule has 1 spiro atoms. The first-order valence-corrected chi connectivity index (χ1v) is 6.89. The van der Waals surface area contributed by atoms with Crippen molar-refractivity contribution in [2.24, 2.45) is 11.3 Å². The molecule has 1 saturated carbocycles. The van der Waals surface area contributed by atoms with Gasteiger partial charge in [-0.1, -0.05) is 6.92 Å². The van der Waals surface area contributed by atoms with E-state index in [1.807, 2.05) is 20.8 Å². The maximum atomic E-state index is 12.7. The molecule has 1 heterocycles. The molecule has 0 aromatic carbocycles. The SMILES string of the molecule is CC1CCC2(CC1)CNC(=O)N(C(C)(C)C)C2=O. The van der Waals surface area contributed by atoms with Crippen LogP contribution in [-0.4, -0.2) is 28.9 Å². The van der Waals surface area contributed by atoms with Gasteiger partial charge >= 0.3 is 6.03 Å². The van der Waals surface area contributed by atoms with Crippen molar-refractivity contribution in [3.63, 3.8) is 0 Å². The lowest BCUT2D eigenvalue weighted by atomic mass is 9.68. The van der Waals surface area contributed by atoms with Crippen molar-refractivity contribution in [3.8, 4) is 0 Å². The third kappa shape index (κ3) is 2.13. The predicted octanol–water partition coefficient (Wildman–Crippen LogP) is 2.53. The van der Waals surface area contributed by atoms with Crippen LogP contribution in [0.2, 0.25) is 0 Å². The van der Waals surface area contributed by atoms with Gasteiger partial charge in [0.25, 0.3) is 0 Å². The van der Waals surface area contributed by atoms with Crippen molar-refractivity contribution in [1.82, 2.24) is 10.2 Å². The van der Waals surface area contributed by atoms with Crippen LogP contribution in [0.5, 0.6) is 0 Å². The normalized spacial score (nSPS) is 33.8. The fourth-order valence-corrected chi connectivity index (χ4v) is 3.04. The molecule has 0 bridgehead atoms. The minimum atomic E-state index is -0.447. The molecule has 1 N–H and O–H groups in total. The number of imide groups is 1. The van der Waals surface area contributed by atoms with Gasteiger partial charge < -0.3 is 5.32 Å². The second-order valence-electron chi connectivity index (χ2n) is 6.93. The summed E-state index contributed by atoms with van der Waals surface area (Å²) in [4.78, 5) is 26.1. The molecule has 0 unspecified atom stereocenters. The highest BCUT2D eigenvalue weighted by atomic mass is 16.2. The highest BCUT2D eigenvalue weighted by Gasteiger charge is 2.51. The fraction of sp³-hybridized carbons (Fsp3) is 0.857. The van der Waals surface area contributed by atoms with Crippen LogP contribution in [0.3, 0.4) is 0 Å². The molecule has 2 fully saturated rings. The van der Waals surface area contributed by atoms with Crippen molar-refractivity contribution in [1.29, 1.82) is 0 Å². The topological polar surface area (TPSA) is 49.4 Å². The zero-order valence-electron chi connectivity index (χ0n) is 11.9. The highest BCUT2D eigenvalue weighted by Crippen LogP contribution is 2.42. The maximum absolute atomic E-state index is 12.7. The lowest BCUT2D eigenvalue weighted by molar-refractivity contribution is -0.147. The number of nitrogens with one attached hydrogen (secondary N) is 1. The molecular weight excluding hydrogens is 228 g/mol. The Morgan fingerprint density at radius 1 is 1.22 bits per heavy atom. The van der Waals surface area contributed by atoms with Gasteiger partial charge in [-0.25, -0.2) is 4.79 Å². The Kier molecular flexibility index (Phi) is 3.16. The quantitative estimate of drug-likeness (QED) is 0.720. The van der Waals surface area contributed by atoms with E-state index in [0.717, 1.165) is 25.7 Å². The predicted molar refractivity (Wildman–Crippen MR) is 70.1 cm³/mol. The molecule has 4 nitrogen and oxygen atoms in total. The molecule has 1 aliphatic carbocycles. The summed E-state index contributed by atoms with van der Waals surface area (Å²) in [5, 5.41) is 2.91. The number of carbonyl (C=O) groups excluding carboxylic acids is 2. The van der Waals surface area contributed by atoms with E-state index in [1.165, 1.54) is 4.90 Å². The smallest absolute Gasteiger partial charge is 0.324 e. The monoisotopic (exact) mass is 252 g/mol. The van der Waals surface area contributed by atoms with E-state index in [-0.39, 0.29) is 17.4 Å². The van der Waals surface area contributed by atoms with Crippen molar-refractivity contribution >= 4 is 11.9 Å². The minimum Gasteiger partial charge on any atom is -0.337 e. The van der Waals surface area contributed by atoms with Crippen LogP contribution in [0.15, 0.2) is 0 Å². The summed E-state index contributed by atoms with van der Waals surface area (Å²) in [5.41, 5.74) is -0.786. The Morgan fingerprint density at radius 2 is 1.78 bits per heavy atom. The number of hydrogen-bond donors (Lipinski definition) is 1. The number of hydrogen-bond acceptors (Lipinski definition) is 2. The summed E-state index contributed by atoms with van der Waals surface area (Å²) in [6, 6.07) is -0.239. The minimum absolute atomic E-state index is 0.0330. The third-order valence-corrected chi connectivity index (χ3v) is 4.34. The van der Waals surface area contributed by atoms with E-state index in [2.05, 4.69) is 12.2 Å². The van der Waals surface area contributed by atoms with Crippen molar-refractivity contribution in [3.05, 3.63) is 0 Å². The number of urea groups is 1. The van der Waals surface area contributed by atoms with E-state index in [4.69, 9.17) is 0 Å². The van der Waals surface area contributed by atoms with E-state index >= 15 is 0 Å². The van der Waals surface area contributed by atoms with Crippen LogP contribution in [0.4, 0.5) is 4.79 Å². The second-order valence-corrected chi connectivity index (χ2v) is 6.93. The summed E-state index contributed by atoms with van der Waals surface area (Å²) < 4.78 is 0. The first kappa shape index (κ1) is 13.4. The molecule has 0 aromatic rings. The first-order valence-electron chi connectivity index (χ1n) is 6.89. The molecule has 1 aliphatic heterocycles. The van der Waals surface area contributed by atoms with Crippen LogP contribution in [0, 0.1) is 11.3 Å². The standard InChI is InChI=1S/C14H24N2O2/c1-10-5-7-14(8-6-10)9-15-12(18)16(11(14)17)13(2,3)4/h10H,5-9H2,1-4H3,(H,15,18). The van der Waals surface area contributed by atoms with Gasteiger partial charge in [-0.2, -0.15) is 0 Å². The van der Waals surface area contributed by atoms with Gasteiger partial charge in [-0.3, -0.25) is 9.69 Å². The van der Waals surface area contributed by atoms with Crippen LogP contribution in [0.1, 0.15) is 53.4 Å². The molecule has 102 valence electrons. The highest BCUT2D eigenvalue weighted by molar-refractivity contribution is 6.01. The van der Waals surface area contributed by atoms with Crippen molar-refractivity contribution < 1.29 is 9.59 Å². The van der Waals surface area contributed by atoms with E-state index < -0.39 is 5.54 Å². The van der Waals surface area contributed by atoms with E-state index in [1.54, 1.807) is 0 Å². The summed E-state index contributed by atoms with van der Waals surface area (Å²) in [6.45, 7) is 8.49. The number of carbonyl (C=O) groups is 2. The first-order chi connectivity index (χ1) is 8.26. The molecule has 0 atom stereocenters. The summed E-state index contributed by atoms with van der Waals surface area (Å²) in [5.74, 6) is 0.731. The van der Waals surface area contributed by atoms with Gasteiger partial charge in [-0.05, 0) is 52.4 Å². The average Bonchev–Trinajstić information content (AvgIpc) is 2.26. The van der Waals surface area contributed by atoms with Crippen LogP contribution in [0.25, 0.3) is 0 Å². The summed E-state index contributed by atoms with van der Waals surface area (Å²) >= 11 is 0. The molecule has 0 radical (unpaired) electrons. The molecular formula is C14H24N2O2. The Bertz CT molecular complexity index is 362. The number of amides is 3. The fourth-order valence-electron chi connectivity index (χ4n) is 3.04. The Morgan fingerprint density at radius 3 is 2.28 bits per heavy atom. The largest absolute Gasteiger partial charge is 0.337 e. The lowest BCUT2D eigenvalue weighted by Crippen LogP contribution is -2.66. The van der Waals surface area contributed by atoms with Crippen molar-refractivity contribution in [2.75, 3.05) is 6.54 Å². The lowest BCUT2D eigenvalue weighted by Gasteiger charge is -2.48. The second kappa shape index (κ2) is 4.25. The van der Waals surface area contributed by atoms with Gasteiger partial charge in [0.2, 0.25) is 5.91 Å². The van der Waals surface area contributed by atoms with E-state index in [9.17, 15) is 9.59 Å². The molecule has 0 aromatic heterocycles. The molecule has 2 aliphatic rings. The zero-order valence-corrected chi connectivity index (χ0v) is 11.9. The Balaban J connectivity index is 2.25. The molecule has 3 amide bonds. The van der Waals surface area contributed by atoms with Crippen LogP contribution < -0.4 is 5.32 Å². The molecule has 2 rings (SSSR count). The van der Waals surface area contributed by atoms with Crippen LogP contribution in [-0.2, 0) is 4.79 Å². The third-order valence-electron chi connectivity index (χ3n) is 4.34. The Labute approximate surface area is 109 Å². The average molecular weight is 252 g/mol. The number of nitrogens with zero attached hydrogens (tertiary/aromatic N) is 1. The van der Waals surface area contributed by atoms with Gasteiger partial charge in [0.05, 0.1) is 5.41 Å². The van der Waals surface area contributed by atoms with Gasteiger partial charge in [0.1, 0.15) is 0 Å². The maximum Gasteiger partial charge on any atom is 0.324 e. The molecule has 18 heavy (non-hydrogen) atoms. The summed E-state index contributed by atoms with van der Waals surface area (Å²) in [6.07, 6.45) is 3.97. The van der Waals surface area contributed by atoms with Gasteiger partial charge in [-0.15, -0.1) is 0 Å².